The number of carbonyl (C=O) groups is 5. The topological polar surface area (TPSA) is 374 Å². The number of nitro benzene ring substituents is 1. The standard InChI is InChI=1S/C20H19FN2O6.C14H18FNO5S.2C13H16FNO3.C4H8O.CH3ClO2S.CH3F.N3.Na/c21-17-10-11-22(20(25)28-13-14-4-2-1-3-5-14)12-18(17)29-19(24)15-6-8-16(9-7-15)23(26)27;1-22(18,19)21-13-9-16(8-7-12(13)15)14(17)20-10-11-5-3-2-4-6-11;2*14-11-6-7-15(8-12(11)16)13(17)18-9-10-4-2-1-3-5-10;1-2-4-5-3-1;1-5(2,3)4;1-2;1-3-2;/h1-9,17-18H,10-13H2;2-6,12-13H,7-10H2,1H3;2*1-5,11-12,16H,6-9H2;1-4H2;1H3;1H3;;/q;;;;;;;-1;+1/t17-,18+;12-,13+;11-,12+;11-,12-;;;;;/m1110...../s1/i;;;;;;1D;;. The average Bonchev–Trinajstić information content (AvgIpc) is 0.893. The second kappa shape index (κ2) is 49.7. The minimum absolute atomic E-state index is 0. The third-order valence-corrected chi connectivity index (χ3v) is 15.1. The van der Waals surface area contributed by atoms with Crippen molar-refractivity contribution in [1.82, 2.24) is 19.6 Å². The van der Waals surface area contributed by atoms with Crippen LogP contribution in [-0.2, 0) is 78.2 Å². The van der Waals surface area contributed by atoms with Crippen LogP contribution in [0.5, 0.6) is 0 Å². The van der Waals surface area contributed by atoms with Gasteiger partial charge in [-0.15, -0.1) is 0 Å². The van der Waals surface area contributed by atoms with E-state index in [-0.39, 0.29) is 145 Å². The fourth-order valence-corrected chi connectivity index (χ4v) is 9.98. The minimum Gasteiger partial charge on any atom is -0.454 e. The van der Waals surface area contributed by atoms with E-state index in [1.165, 1.54) is 49.5 Å². The van der Waals surface area contributed by atoms with Gasteiger partial charge in [-0.25, -0.2) is 50.0 Å². The van der Waals surface area contributed by atoms with Gasteiger partial charge in [-0.05, 0) is 66.5 Å². The normalized spacial score (nSPS) is 20.3. The first kappa shape index (κ1) is 89.3. The quantitative estimate of drug-likeness (QED) is 0.00960. The van der Waals surface area contributed by atoms with Crippen molar-refractivity contribution in [2.45, 2.75) is 114 Å². The van der Waals surface area contributed by atoms with Crippen LogP contribution in [0.15, 0.2) is 146 Å². The number of nitro groups is 1. The van der Waals surface area contributed by atoms with Gasteiger partial charge in [-0.3, -0.25) is 23.6 Å². The van der Waals surface area contributed by atoms with Gasteiger partial charge >= 0.3 is 59.9 Å². The molecule has 5 fully saturated rings. The Labute approximate surface area is 622 Å². The van der Waals surface area contributed by atoms with Crippen LogP contribution in [0.1, 0.15) is 72.5 Å². The maximum absolute atomic E-state index is 14.2. The molecule has 4 amide bonds. The van der Waals surface area contributed by atoms with Crippen LogP contribution in [0.4, 0.5) is 46.8 Å². The molecular formula is C66H83ClF5N8NaO20S2. The molecule has 5 saturated heterocycles. The van der Waals surface area contributed by atoms with Gasteiger partial charge in [-0.1, -0.05) is 121 Å². The van der Waals surface area contributed by atoms with Gasteiger partial charge in [0.2, 0.25) is 9.05 Å². The molecule has 103 heavy (non-hydrogen) atoms. The van der Waals surface area contributed by atoms with E-state index in [9.17, 15) is 83.1 Å². The summed E-state index contributed by atoms with van der Waals surface area (Å²) in [6.07, 6.45) is -7.46. The number of non-ortho nitro benzene ring substituents is 1. The molecule has 0 spiro atoms. The average molecular weight is 1530 g/mol. The van der Waals surface area contributed by atoms with E-state index in [0.717, 1.165) is 60.1 Å². The van der Waals surface area contributed by atoms with E-state index in [1.54, 1.807) is 0 Å². The predicted octanol–water partition coefficient (Wildman–Crippen LogP) is 8.11. The number of benzene rings is 5. The molecule has 0 unspecified atom stereocenters. The van der Waals surface area contributed by atoms with Crippen LogP contribution in [0, 0.1) is 10.1 Å². The number of amides is 4. The molecule has 8 atom stereocenters. The number of hydrogen-bond donors (Lipinski definition) is 2. The molecule has 0 radical (unpaired) electrons. The monoisotopic (exact) mass is 1530 g/mol. The number of aliphatic hydroxyl groups excluding tert-OH is 2. The number of β-amino-alcohol motifs (C(OH)–C–C–N with tert-alkyl or cyclic N) is 2. The van der Waals surface area contributed by atoms with Crippen LogP contribution < -0.4 is 29.6 Å². The summed E-state index contributed by atoms with van der Waals surface area (Å²) in [6.45, 7) is 3.15. The largest absolute Gasteiger partial charge is 1.00 e. The molecule has 5 aromatic rings. The number of rotatable bonds is 13. The molecule has 5 aliphatic rings. The molecule has 0 aromatic heterocycles. The van der Waals surface area contributed by atoms with Gasteiger partial charge in [0.25, 0.3) is 15.8 Å². The van der Waals surface area contributed by atoms with Crippen LogP contribution in [-0.4, -0.2) is 216 Å². The molecule has 5 heterocycles. The number of nitrogens with zero attached hydrogens (tertiary/aromatic N) is 8. The van der Waals surface area contributed by atoms with Gasteiger partial charge in [0.1, 0.15) is 69.4 Å². The Balaban J connectivity index is 0.000000443. The Morgan fingerprint density at radius 2 is 0.845 bits per heavy atom. The predicted molar refractivity (Wildman–Crippen MR) is 363 cm³/mol. The summed E-state index contributed by atoms with van der Waals surface area (Å²) in [4.78, 5) is 76.7. The number of halogens is 6. The Morgan fingerprint density at radius 1 is 0.563 bits per heavy atom. The zero-order valence-corrected chi connectivity index (χ0v) is 61.1. The SMILES string of the molecule is C1CCOC1.CS(=O)(=O)Cl.CS(=O)(=O)O[C@H]1CN(C(=O)OCc2ccccc2)CC[C@H]1F.O=C(OCc1ccccc1)N1CC[C@@H](F)[C@@H](O)C1.O=C(OCc1ccccc1)N1CC[C@H](F)[C@@H](O)C1.O=C(O[C@H]1CN(C(=O)OCc2ccccc2)CC[C@H]1F)c1ccc([N+](=O)[O-])cc1.[2H]CF.[N-]=[N+]=[N-].[Na+]. The van der Waals surface area contributed by atoms with Gasteiger partial charge in [-0.2, -0.15) is 8.42 Å². The first-order chi connectivity index (χ1) is 48.9. The van der Waals surface area contributed by atoms with E-state index >= 15 is 0 Å². The Hall–Kier alpha value is -7.96. The molecule has 28 nitrogen and oxygen atoms in total. The molecule has 5 aromatic carbocycles. The van der Waals surface area contributed by atoms with Crippen molar-refractivity contribution >= 4 is 65.9 Å². The second-order valence-corrected chi connectivity index (χ2v) is 27.1. The van der Waals surface area contributed by atoms with Crippen molar-refractivity contribution in [2.24, 2.45) is 0 Å². The number of likely N-dealkylation sites (tertiary alicyclic amines) is 4. The smallest absolute Gasteiger partial charge is 0.454 e. The van der Waals surface area contributed by atoms with E-state index < -0.39 is 111 Å². The van der Waals surface area contributed by atoms with E-state index in [4.69, 9.17) is 40.9 Å². The summed E-state index contributed by atoms with van der Waals surface area (Å²) in [6, 6.07) is 41.7. The molecule has 10 rings (SSSR count). The van der Waals surface area contributed by atoms with Gasteiger partial charge in [0.05, 0.1) is 57.7 Å². The number of piperidine rings is 4. The van der Waals surface area contributed by atoms with Crippen LogP contribution in [0.2, 0.25) is 0 Å². The number of ether oxygens (including phenoxy) is 6. The fraction of sp³-hybridized carbons (Fsp3) is 0.470. The summed E-state index contributed by atoms with van der Waals surface area (Å²) in [5.74, 6) is -0.813. The van der Waals surface area contributed by atoms with E-state index in [1.807, 2.05) is 121 Å². The van der Waals surface area contributed by atoms with Crippen LogP contribution in [0.3, 0.4) is 0 Å². The van der Waals surface area contributed by atoms with Crippen molar-refractivity contribution in [3.05, 3.63) is 199 Å². The molecule has 562 valence electrons. The first-order valence-electron chi connectivity index (χ1n) is 32.1. The molecule has 5 aliphatic heterocycles. The summed E-state index contributed by atoms with van der Waals surface area (Å²) >= 11 is 0. The number of aliphatic hydroxyl groups is 2. The third-order valence-electron chi connectivity index (χ3n) is 14.5. The van der Waals surface area contributed by atoms with Crippen LogP contribution in [0.25, 0.3) is 16.0 Å². The Kier molecular flexibility index (Phi) is 43.0. The summed E-state index contributed by atoms with van der Waals surface area (Å²) in [5.41, 5.74) is 16.8. The number of alkyl halides is 5. The van der Waals surface area contributed by atoms with Gasteiger partial charge in [0.15, 0.2) is 6.10 Å². The van der Waals surface area contributed by atoms with Crippen molar-refractivity contribution in [3.8, 4) is 0 Å². The third kappa shape index (κ3) is 38.4. The summed E-state index contributed by atoms with van der Waals surface area (Å²) in [5, 5.41) is 29.4. The Bertz CT molecular complexity index is 3500. The Morgan fingerprint density at radius 3 is 1.12 bits per heavy atom. The minimum atomic E-state index is -3.78. The zero-order valence-electron chi connectivity index (χ0n) is 57.7. The first-order valence-corrected chi connectivity index (χ1v) is 35.9. The van der Waals surface area contributed by atoms with Gasteiger partial charge < -0.3 is 69.3 Å². The van der Waals surface area contributed by atoms with Crippen molar-refractivity contribution in [2.75, 3.05) is 85.2 Å². The maximum atomic E-state index is 14.2. The van der Waals surface area contributed by atoms with Gasteiger partial charge in [0, 0.05) is 68.6 Å². The zero-order chi connectivity index (χ0) is 76.3. The van der Waals surface area contributed by atoms with E-state index in [2.05, 4.69) is 14.9 Å². The molecule has 0 aliphatic carbocycles. The van der Waals surface area contributed by atoms with Crippen molar-refractivity contribution < 1.29 is 141 Å². The second-order valence-electron chi connectivity index (χ2n) is 22.5. The number of carbonyl (C=O) groups excluding carboxylic acids is 5. The summed E-state index contributed by atoms with van der Waals surface area (Å²) < 4.78 is 146. The molecule has 2 N–H and O–H groups in total. The maximum Gasteiger partial charge on any atom is 1.00 e. The molecule has 0 bridgehead atoms. The van der Waals surface area contributed by atoms with Crippen molar-refractivity contribution in [1.29, 1.82) is 0 Å². The fourth-order valence-electron chi connectivity index (χ4n) is 9.35. The number of hydrogen-bond acceptors (Lipinski definition) is 20. The molecular weight excluding hydrogens is 1440 g/mol. The molecule has 0 saturated carbocycles. The molecule has 37 heteroatoms. The summed E-state index contributed by atoms with van der Waals surface area (Å²) in [7, 11) is -3.47. The van der Waals surface area contributed by atoms with E-state index in [0.29, 0.717) is 0 Å². The van der Waals surface area contributed by atoms with Crippen LogP contribution >= 0.6 is 10.7 Å². The number of esters is 1. The van der Waals surface area contributed by atoms with Crippen molar-refractivity contribution in [3.63, 3.8) is 0 Å².